The van der Waals surface area contributed by atoms with Gasteiger partial charge in [0.05, 0.1) is 27.1 Å². The summed E-state index contributed by atoms with van der Waals surface area (Å²) in [4.78, 5) is 22.6. The molecule has 0 aliphatic rings. The van der Waals surface area contributed by atoms with Gasteiger partial charge >= 0.3 is 0 Å². The highest BCUT2D eigenvalue weighted by molar-refractivity contribution is 7.99. The fraction of sp³-hybridized carbons (Fsp3) is 0.176. The molecular formula is C17H15ClN6O3S. The van der Waals surface area contributed by atoms with Gasteiger partial charge in [0, 0.05) is 12.1 Å². The number of hydrogen-bond donors (Lipinski definition) is 1. The number of aryl methyl sites for hydroxylation is 1. The third-order valence-corrected chi connectivity index (χ3v) is 5.26. The number of nitro benzene ring substituents is 1. The highest BCUT2D eigenvalue weighted by Crippen LogP contribution is 2.27. The molecule has 0 saturated heterocycles. The summed E-state index contributed by atoms with van der Waals surface area (Å²) < 4.78 is 1.57. The number of benzene rings is 2. The molecule has 11 heteroatoms. The van der Waals surface area contributed by atoms with Crippen molar-refractivity contribution in [1.29, 1.82) is 0 Å². The van der Waals surface area contributed by atoms with E-state index < -0.39 is 4.92 Å². The van der Waals surface area contributed by atoms with Gasteiger partial charge in [0.2, 0.25) is 11.1 Å². The number of amides is 1. The number of nitro groups is 1. The number of carbonyl (C=O) groups is 1. The van der Waals surface area contributed by atoms with E-state index in [1.54, 1.807) is 4.68 Å². The average molecular weight is 419 g/mol. The van der Waals surface area contributed by atoms with E-state index in [4.69, 9.17) is 11.6 Å². The van der Waals surface area contributed by atoms with Crippen molar-refractivity contribution in [2.24, 2.45) is 0 Å². The molecule has 9 nitrogen and oxygen atoms in total. The zero-order valence-corrected chi connectivity index (χ0v) is 16.5. The minimum atomic E-state index is -0.556. The molecule has 1 heterocycles. The van der Waals surface area contributed by atoms with Gasteiger partial charge in [-0.2, -0.15) is 4.68 Å². The van der Waals surface area contributed by atoms with E-state index in [0.29, 0.717) is 5.16 Å². The predicted molar refractivity (Wildman–Crippen MR) is 106 cm³/mol. The molecule has 0 atom stereocenters. The first-order chi connectivity index (χ1) is 13.4. The number of hydrogen-bond acceptors (Lipinski definition) is 7. The van der Waals surface area contributed by atoms with Crippen LogP contribution in [-0.2, 0) is 4.79 Å². The normalized spacial score (nSPS) is 10.7. The van der Waals surface area contributed by atoms with Crippen LogP contribution < -0.4 is 5.32 Å². The molecule has 0 spiro atoms. The molecule has 0 fully saturated rings. The first kappa shape index (κ1) is 19.8. The topological polar surface area (TPSA) is 116 Å². The van der Waals surface area contributed by atoms with Crippen LogP contribution in [0.25, 0.3) is 5.69 Å². The molecule has 3 rings (SSSR count). The quantitative estimate of drug-likeness (QED) is 0.369. The Kier molecular flexibility index (Phi) is 5.90. The lowest BCUT2D eigenvalue weighted by atomic mass is 10.1. The van der Waals surface area contributed by atoms with Crippen molar-refractivity contribution < 1.29 is 9.72 Å². The van der Waals surface area contributed by atoms with Gasteiger partial charge in [-0.15, -0.1) is 5.10 Å². The molecule has 0 bridgehead atoms. The molecule has 144 valence electrons. The smallest absolute Gasteiger partial charge is 0.271 e. The Labute approximate surface area is 169 Å². The molecule has 0 saturated carbocycles. The second kappa shape index (κ2) is 8.36. The number of carbonyl (C=O) groups excluding carboxylic acids is 1. The molecule has 0 radical (unpaired) electrons. The Balaban J connectivity index is 1.72. The van der Waals surface area contributed by atoms with Crippen LogP contribution in [-0.4, -0.2) is 36.8 Å². The number of rotatable bonds is 6. The van der Waals surface area contributed by atoms with Crippen molar-refractivity contribution in [3.05, 3.63) is 62.7 Å². The highest BCUT2D eigenvalue weighted by atomic mass is 35.5. The zero-order valence-electron chi connectivity index (χ0n) is 14.9. The summed E-state index contributed by atoms with van der Waals surface area (Å²) in [5.74, 6) is -0.382. The second-order valence-corrected chi connectivity index (χ2v) is 7.20. The van der Waals surface area contributed by atoms with E-state index in [2.05, 4.69) is 20.8 Å². The van der Waals surface area contributed by atoms with Crippen molar-refractivity contribution in [3.63, 3.8) is 0 Å². The van der Waals surface area contributed by atoms with Gasteiger partial charge < -0.3 is 5.32 Å². The van der Waals surface area contributed by atoms with Gasteiger partial charge in [-0.25, -0.2) is 0 Å². The summed E-state index contributed by atoms with van der Waals surface area (Å²) in [5.41, 5.74) is 2.97. The number of thioether (sulfide) groups is 1. The molecule has 1 N–H and O–H groups in total. The molecule has 28 heavy (non-hydrogen) atoms. The monoisotopic (exact) mass is 418 g/mol. The first-order valence-corrected chi connectivity index (χ1v) is 9.44. The van der Waals surface area contributed by atoms with Crippen LogP contribution in [0.1, 0.15) is 11.1 Å². The lowest BCUT2D eigenvalue weighted by molar-refractivity contribution is -0.384. The third-order valence-electron chi connectivity index (χ3n) is 4.01. The summed E-state index contributed by atoms with van der Waals surface area (Å²) in [6.07, 6.45) is 0. The summed E-state index contributed by atoms with van der Waals surface area (Å²) in [7, 11) is 0. The van der Waals surface area contributed by atoms with Gasteiger partial charge in [0.15, 0.2) is 0 Å². The van der Waals surface area contributed by atoms with Crippen LogP contribution in [0.4, 0.5) is 11.4 Å². The number of aromatic nitrogens is 4. The Morgan fingerprint density at radius 2 is 2.11 bits per heavy atom. The maximum Gasteiger partial charge on any atom is 0.271 e. The molecule has 2 aromatic carbocycles. The van der Waals surface area contributed by atoms with E-state index in [0.717, 1.165) is 28.6 Å². The summed E-state index contributed by atoms with van der Waals surface area (Å²) >= 11 is 7.15. The van der Waals surface area contributed by atoms with E-state index in [1.807, 2.05) is 32.0 Å². The highest BCUT2D eigenvalue weighted by Gasteiger charge is 2.16. The van der Waals surface area contributed by atoms with Crippen molar-refractivity contribution in [2.75, 3.05) is 11.1 Å². The fourth-order valence-electron chi connectivity index (χ4n) is 2.42. The maximum atomic E-state index is 12.3. The summed E-state index contributed by atoms with van der Waals surface area (Å²) in [6, 6.07) is 9.64. The average Bonchev–Trinajstić information content (AvgIpc) is 3.12. The number of nitrogens with zero attached hydrogens (tertiary/aromatic N) is 5. The lowest BCUT2D eigenvalue weighted by Crippen LogP contribution is -2.15. The van der Waals surface area contributed by atoms with Crippen molar-refractivity contribution in [2.45, 2.75) is 19.0 Å². The van der Waals surface area contributed by atoms with Crippen molar-refractivity contribution in [1.82, 2.24) is 20.2 Å². The van der Waals surface area contributed by atoms with Gasteiger partial charge in [-0.05, 0) is 47.5 Å². The number of nitrogens with one attached hydrogen (secondary N) is 1. The number of tetrazole rings is 1. The molecular weight excluding hydrogens is 404 g/mol. The Hall–Kier alpha value is -2.98. The predicted octanol–water partition coefficient (Wildman–Crippen LogP) is 3.57. The molecule has 3 aromatic rings. The van der Waals surface area contributed by atoms with E-state index >= 15 is 0 Å². The Morgan fingerprint density at radius 3 is 2.86 bits per heavy atom. The van der Waals surface area contributed by atoms with E-state index in [9.17, 15) is 14.9 Å². The standard InChI is InChI=1S/C17H15ClN6O3S/c1-10-4-3-5-15(11(10)2)23-17(20-21-22-23)28-9-16(25)19-14-8-12(24(26)27)6-7-13(14)18/h3-8H,9H2,1-2H3,(H,19,25). The number of halogens is 1. The Bertz CT molecular complexity index is 1060. The molecule has 0 aliphatic heterocycles. The summed E-state index contributed by atoms with van der Waals surface area (Å²) in [5, 5.41) is 25.8. The van der Waals surface area contributed by atoms with Crippen LogP contribution in [0, 0.1) is 24.0 Å². The maximum absolute atomic E-state index is 12.3. The van der Waals surface area contributed by atoms with E-state index in [1.165, 1.54) is 18.2 Å². The summed E-state index contributed by atoms with van der Waals surface area (Å²) in [6.45, 7) is 3.96. The van der Waals surface area contributed by atoms with Gasteiger partial charge in [-0.1, -0.05) is 35.5 Å². The van der Waals surface area contributed by atoms with Crippen LogP contribution >= 0.6 is 23.4 Å². The second-order valence-electron chi connectivity index (χ2n) is 5.85. The van der Waals surface area contributed by atoms with Crippen LogP contribution in [0.2, 0.25) is 5.02 Å². The SMILES string of the molecule is Cc1cccc(-n2nnnc2SCC(=O)Nc2cc([N+](=O)[O-])ccc2Cl)c1C. The van der Waals surface area contributed by atoms with E-state index in [-0.39, 0.29) is 28.1 Å². The van der Waals surface area contributed by atoms with Gasteiger partial charge in [0.1, 0.15) is 0 Å². The minimum absolute atomic E-state index is 0.00422. The zero-order chi connectivity index (χ0) is 20.3. The minimum Gasteiger partial charge on any atom is -0.324 e. The van der Waals surface area contributed by atoms with Gasteiger partial charge in [0.25, 0.3) is 5.69 Å². The number of anilines is 1. The van der Waals surface area contributed by atoms with Crippen LogP contribution in [0.15, 0.2) is 41.6 Å². The largest absolute Gasteiger partial charge is 0.324 e. The first-order valence-electron chi connectivity index (χ1n) is 8.08. The molecule has 0 aliphatic carbocycles. The number of non-ortho nitro benzene ring substituents is 1. The molecule has 0 unspecified atom stereocenters. The van der Waals surface area contributed by atoms with Crippen molar-refractivity contribution in [3.8, 4) is 5.69 Å². The molecule has 1 amide bonds. The van der Waals surface area contributed by atoms with Crippen LogP contribution in [0.5, 0.6) is 0 Å². The fourth-order valence-corrected chi connectivity index (χ4v) is 3.27. The Morgan fingerprint density at radius 1 is 1.32 bits per heavy atom. The third kappa shape index (κ3) is 4.29. The van der Waals surface area contributed by atoms with Gasteiger partial charge in [-0.3, -0.25) is 14.9 Å². The molecule has 1 aromatic heterocycles. The lowest BCUT2D eigenvalue weighted by Gasteiger charge is -2.10. The van der Waals surface area contributed by atoms with Crippen molar-refractivity contribution >= 4 is 40.6 Å². The van der Waals surface area contributed by atoms with Crippen LogP contribution in [0.3, 0.4) is 0 Å².